The molecule has 0 unspecified atom stereocenters. The Morgan fingerprint density at radius 1 is 0.565 bits per heavy atom. The average Bonchev–Trinajstić information content (AvgIpc) is 4.00. The van der Waals surface area contributed by atoms with Gasteiger partial charge in [0.15, 0.2) is 0 Å². The Morgan fingerprint density at radius 2 is 0.952 bits per heavy atom. The van der Waals surface area contributed by atoms with Gasteiger partial charge in [0.25, 0.3) is 0 Å². The van der Waals surface area contributed by atoms with E-state index in [1.54, 1.807) is 45.0 Å². The number of hydrogen-bond donors (Lipinski definition) is 1. The Hall–Kier alpha value is -5.92. The second-order valence-electron chi connectivity index (χ2n) is 17.6. The molecule has 0 radical (unpaired) electrons. The highest BCUT2D eigenvalue weighted by Crippen LogP contribution is 2.39. The molecule has 3 aromatic rings. The van der Waals surface area contributed by atoms with E-state index in [1.165, 1.54) is 36.7 Å². The molecule has 0 saturated carbocycles. The quantitative estimate of drug-likeness (QED) is 0.186. The van der Waals surface area contributed by atoms with Gasteiger partial charge in [-0.05, 0) is 123 Å². The molecule has 0 bridgehead atoms. The Bertz CT molecular complexity index is 1930. The normalized spacial score (nSPS) is 20.7. The van der Waals surface area contributed by atoms with Gasteiger partial charge in [-0.15, -0.1) is 0 Å². The standard InChI is InChI=1S/C18H25NO4.C17H23NO5.C13H15NO2/c1-12-6-8-13(9-7-12)14-10-11-15(16(20)22-5)19(14)17(21)23-18(2,3)4;1-17(2,3)23-16(21)18-13(9-10-14(18)15(20)22-4)11-5-7-12(19)8-6-11;1-9-3-5-10(6-4-9)11-7-8-12(14-11)13(15)16-2/h6-9,14-15H,10-11H2,1-5H3;5-8,13-14,19H,9-10H2,1-4H3;3-6,12H,7-8H2,1-2H3/t14-,15+;13-,14+;12-/m110/s1. The van der Waals surface area contributed by atoms with Crippen molar-refractivity contribution in [3.8, 4) is 5.75 Å². The first-order valence-corrected chi connectivity index (χ1v) is 20.9. The first-order chi connectivity index (χ1) is 29.2. The zero-order chi connectivity index (χ0) is 45.9. The number of benzene rings is 3. The van der Waals surface area contributed by atoms with Gasteiger partial charge in [0, 0.05) is 5.71 Å². The van der Waals surface area contributed by atoms with Gasteiger partial charge in [-0.25, -0.2) is 24.0 Å². The van der Waals surface area contributed by atoms with E-state index in [4.69, 9.17) is 23.7 Å². The maximum Gasteiger partial charge on any atom is 0.411 e. The number of carbonyl (C=O) groups excluding carboxylic acids is 5. The fourth-order valence-electron chi connectivity index (χ4n) is 7.50. The minimum absolute atomic E-state index is 0.153. The average molecular weight is 858 g/mol. The highest BCUT2D eigenvalue weighted by molar-refractivity contribution is 6.03. The van der Waals surface area contributed by atoms with Crippen LogP contribution in [0.4, 0.5) is 9.59 Å². The van der Waals surface area contributed by atoms with Crippen LogP contribution < -0.4 is 0 Å². The van der Waals surface area contributed by atoms with E-state index in [0.29, 0.717) is 25.7 Å². The third-order valence-electron chi connectivity index (χ3n) is 10.5. The summed E-state index contributed by atoms with van der Waals surface area (Å²) in [5.74, 6) is -0.926. The molecular weight excluding hydrogens is 795 g/mol. The molecule has 2 fully saturated rings. The number of nitrogens with zero attached hydrogens (tertiary/aromatic N) is 3. The smallest absolute Gasteiger partial charge is 0.411 e. The first kappa shape index (κ1) is 48.7. The molecule has 0 spiro atoms. The number of aryl methyl sites for hydroxylation is 2. The molecule has 3 aliphatic heterocycles. The van der Waals surface area contributed by atoms with Crippen LogP contribution in [0.15, 0.2) is 77.8 Å². The molecule has 0 aromatic heterocycles. The van der Waals surface area contributed by atoms with Crippen molar-refractivity contribution in [3.63, 3.8) is 0 Å². The summed E-state index contributed by atoms with van der Waals surface area (Å²) in [7, 11) is 4.06. The predicted octanol–water partition coefficient (Wildman–Crippen LogP) is 8.73. The topological polar surface area (TPSA) is 171 Å². The van der Waals surface area contributed by atoms with E-state index >= 15 is 0 Å². The number of phenolic OH excluding ortho intramolecular Hbond substituents is 1. The van der Waals surface area contributed by atoms with Crippen LogP contribution in [0.2, 0.25) is 0 Å². The number of esters is 3. The molecule has 3 aliphatic rings. The molecule has 6 rings (SSSR count). The lowest BCUT2D eigenvalue weighted by molar-refractivity contribution is -0.146. The largest absolute Gasteiger partial charge is 0.508 e. The highest BCUT2D eigenvalue weighted by Gasteiger charge is 2.45. The summed E-state index contributed by atoms with van der Waals surface area (Å²) in [6.07, 6.45) is 3.02. The van der Waals surface area contributed by atoms with E-state index in [1.807, 2.05) is 64.1 Å². The van der Waals surface area contributed by atoms with Crippen molar-refractivity contribution in [1.29, 1.82) is 0 Å². The molecule has 3 heterocycles. The first-order valence-electron chi connectivity index (χ1n) is 20.9. The highest BCUT2D eigenvalue weighted by atomic mass is 16.6. The van der Waals surface area contributed by atoms with Crippen molar-refractivity contribution in [3.05, 3.63) is 101 Å². The third-order valence-corrected chi connectivity index (χ3v) is 10.5. The Kier molecular flexibility index (Phi) is 16.7. The molecule has 14 nitrogen and oxygen atoms in total. The zero-order valence-electron chi connectivity index (χ0n) is 37.9. The molecule has 2 saturated heterocycles. The van der Waals surface area contributed by atoms with Crippen LogP contribution >= 0.6 is 0 Å². The summed E-state index contributed by atoms with van der Waals surface area (Å²) in [5, 5.41) is 9.43. The summed E-state index contributed by atoms with van der Waals surface area (Å²) in [6.45, 7) is 14.9. The minimum atomic E-state index is -0.659. The summed E-state index contributed by atoms with van der Waals surface area (Å²) >= 11 is 0. The molecular formula is C48H63N3O11. The van der Waals surface area contributed by atoms with Crippen LogP contribution in [0.25, 0.3) is 0 Å². The summed E-state index contributed by atoms with van der Waals surface area (Å²) < 4.78 is 25.3. The maximum absolute atomic E-state index is 12.6. The van der Waals surface area contributed by atoms with Crippen LogP contribution in [0.1, 0.15) is 120 Å². The lowest BCUT2D eigenvalue weighted by atomic mass is 10.0. The van der Waals surface area contributed by atoms with Crippen molar-refractivity contribution < 1.29 is 52.8 Å². The van der Waals surface area contributed by atoms with Crippen LogP contribution in [0.3, 0.4) is 0 Å². The van der Waals surface area contributed by atoms with Crippen molar-refractivity contribution in [2.75, 3.05) is 21.3 Å². The van der Waals surface area contributed by atoms with Gasteiger partial charge in [-0.2, -0.15) is 0 Å². The second kappa shape index (κ2) is 21.2. The predicted molar refractivity (Wildman–Crippen MR) is 234 cm³/mol. The molecule has 336 valence electrons. The zero-order valence-corrected chi connectivity index (χ0v) is 37.9. The van der Waals surface area contributed by atoms with Crippen molar-refractivity contribution in [2.45, 2.75) is 135 Å². The Balaban J connectivity index is 0.000000208. The fourth-order valence-corrected chi connectivity index (χ4v) is 7.50. The lowest BCUT2D eigenvalue weighted by Crippen LogP contribution is -2.44. The van der Waals surface area contributed by atoms with Crippen molar-refractivity contribution in [2.24, 2.45) is 4.99 Å². The monoisotopic (exact) mass is 857 g/mol. The number of phenols is 1. The number of carbonyl (C=O) groups is 5. The number of aliphatic imine (C=N–C) groups is 1. The number of likely N-dealkylation sites (tertiary alicyclic amines) is 2. The van der Waals surface area contributed by atoms with E-state index in [0.717, 1.165) is 40.8 Å². The van der Waals surface area contributed by atoms with Gasteiger partial charge in [0.1, 0.15) is 35.1 Å². The van der Waals surface area contributed by atoms with Crippen molar-refractivity contribution in [1.82, 2.24) is 9.80 Å². The molecule has 0 aliphatic carbocycles. The van der Waals surface area contributed by atoms with Gasteiger partial charge < -0.3 is 28.8 Å². The number of ether oxygens (including phenoxy) is 5. The molecule has 5 atom stereocenters. The number of hydrogen-bond acceptors (Lipinski definition) is 12. The van der Waals surface area contributed by atoms with E-state index in [9.17, 15) is 29.1 Å². The van der Waals surface area contributed by atoms with Crippen LogP contribution in [-0.4, -0.2) is 101 Å². The van der Waals surface area contributed by atoms with E-state index < -0.39 is 47.4 Å². The molecule has 3 aromatic carbocycles. The van der Waals surface area contributed by atoms with E-state index in [-0.39, 0.29) is 29.8 Å². The maximum atomic E-state index is 12.6. The van der Waals surface area contributed by atoms with Crippen LogP contribution in [0.5, 0.6) is 5.75 Å². The lowest BCUT2D eigenvalue weighted by Gasteiger charge is -2.31. The van der Waals surface area contributed by atoms with Gasteiger partial charge in [-0.1, -0.05) is 71.8 Å². The van der Waals surface area contributed by atoms with Crippen LogP contribution in [-0.2, 0) is 38.1 Å². The molecule has 1 N–H and O–H groups in total. The summed E-state index contributed by atoms with van der Waals surface area (Å²) in [4.78, 5) is 68.0. The number of aromatic hydroxyl groups is 1. The SMILES string of the molecule is COC(=O)[C@@H]1CCC(c2ccc(C)cc2)=N1.COC(=O)[C@@H]1CC[C@H](c2ccc(C)cc2)N1C(=O)OC(C)(C)C.COC(=O)[C@@H]1CC[C@H](c2ccc(O)cc2)N1C(=O)OC(C)(C)C. The third kappa shape index (κ3) is 13.3. The van der Waals surface area contributed by atoms with Crippen molar-refractivity contribution >= 4 is 35.8 Å². The van der Waals surface area contributed by atoms with Gasteiger partial charge >= 0.3 is 30.1 Å². The second-order valence-corrected chi connectivity index (χ2v) is 17.6. The van der Waals surface area contributed by atoms with E-state index in [2.05, 4.69) is 24.0 Å². The number of methoxy groups -OCH3 is 3. The van der Waals surface area contributed by atoms with Gasteiger partial charge in [0.2, 0.25) is 0 Å². The van der Waals surface area contributed by atoms with Gasteiger partial charge in [-0.3, -0.25) is 14.8 Å². The van der Waals surface area contributed by atoms with Gasteiger partial charge in [0.05, 0.1) is 33.4 Å². The molecule has 14 heteroatoms. The number of amides is 2. The van der Waals surface area contributed by atoms with Crippen LogP contribution in [0, 0.1) is 13.8 Å². The summed E-state index contributed by atoms with van der Waals surface area (Å²) in [6, 6.07) is 20.8. The number of rotatable bonds is 6. The summed E-state index contributed by atoms with van der Waals surface area (Å²) in [5.41, 5.74) is 5.09. The molecule has 62 heavy (non-hydrogen) atoms. The molecule has 2 amide bonds. The minimum Gasteiger partial charge on any atom is -0.508 e. The fraction of sp³-hybridized carbons (Fsp3) is 0.500. The Labute approximate surface area is 365 Å². The Morgan fingerprint density at radius 3 is 1.34 bits per heavy atom.